The Labute approximate surface area is 146 Å². The lowest BCUT2D eigenvalue weighted by molar-refractivity contribution is 0.249. The Hall–Kier alpha value is -1.81. The molecule has 0 aliphatic carbocycles. The van der Waals surface area contributed by atoms with Gasteiger partial charge in [-0.1, -0.05) is 33.3 Å². The molecule has 1 aromatic heterocycles. The Balaban J connectivity index is 2.03. The molecule has 0 bridgehead atoms. The number of anilines is 1. The number of aromatic nitrogens is 1. The van der Waals surface area contributed by atoms with E-state index in [1.807, 2.05) is 24.4 Å². The van der Waals surface area contributed by atoms with Crippen LogP contribution >= 0.6 is 0 Å². The number of ether oxygens (including phenoxy) is 1. The Morgan fingerprint density at radius 2 is 2.08 bits per heavy atom. The van der Waals surface area contributed by atoms with E-state index in [-0.39, 0.29) is 0 Å². The van der Waals surface area contributed by atoms with Gasteiger partial charge in [0.25, 0.3) is 0 Å². The van der Waals surface area contributed by atoms with E-state index in [4.69, 9.17) is 4.74 Å². The highest BCUT2D eigenvalue weighted by Crippen LogP contribution is 2.27. The van der Waals surface area contributed by atoms with Crippen LogP contribution in [-0.2, 0) is 0 Å². The molecule has 4 nitrogen and oxygen atoms in total. The van der Waals surface area contributed by atoms with Crippen LogP contribution in [0.1, 0.15) is 33.6 Å². The zero-order valence-electron chi connectivity index (χ0n) is 15.5. The van der Waals surface area contributed by atoms with Crippen LogP contribution in [0.4, 0.5) is 5.69 Å². The van der Waals surface area contributed by atoms with Gasteiger partial charge in [0, 0.05) is 37.3 Å². The molecule has 0 aliphatic heterocycles. The van der Waals surface area contributed by atoms with Crippen molar-refractivity contribution in [2.75, 3.05) is 38.6 Å². The van der Waals surface area contributed by atoms with Crippen LogP contribution in [0, 0.1) is 5.92 Å². The van der Waals surface area contributed by atoms with Crippen LogP contribution in [0.5, 0.6) is 5.75 Å². The number of benzene rings is 1. The highest BCUT2D eigenvalue weighted by atomic mass is 16.5. The average molecular weight is 329 g/mol. The quantitative estimate of drug-likeness (QED) is 0.700. The lowest BCUT2D eigenvalue weighted by atomic mass is 10.1. The highest BCUT2D eigenvalue weighted by molar-refractivity contribution is 5.91. The normalized spacial score (nSPS) is 11.4. The molecule has 0 saturated carbocycles. The van der Waals surface area contributed by atoms with Crippen molar-refractivity contribution in [1.82, 2.24) is 9.88 Å². The monoisotopic (exact) mass is 329 g/mol. The Morgan fingerprint density at radius 3 is 2.79 bits per heavy atom. The minimum atomic E-state index is 0.696. The highest BCUT2D eigenvalue weighted by Gasteiger charge is 2.09. The number of rotatable bonds is 10. The number of pyridine rings is 1. The van der Waals surface area contributed by atoms with Crippen LogP contribution in [0.2, 0.25) is 0 Å². The van der Waals surface area contributed by atoms with Crippen LogP contribution in [0.15, 0.2) is 30.5 Å². The molecule has 1 N–H and O–H groups in total. The van der Waals surface area contributed by atoms with Gasteiger partial charge in [-0.25, -0.2) is 0 Å². The van der Waals surface area contributed by atoms with Crippen molar-refractivity contribution in [3.05, 3.63) is 30.5 Å². The van der Waals surface area contributed by atoms with Crippen LogP contribution in [-0.4, -0.2) is 43.2 Å². The summed E-state index contributed by atoms with van der Waals surface area (Å²) in [6.07, 6.45) is 4.34. The van der Waals surface area contributed by atoms with Crippen molar-refractivity contribution in [2.24, 2.45) is 5.92 Å². The average Bonchev–Trinajstić information content (AvgIpc) is 2.58. The molecule has 0 spiro atoms. The maximum atomic E-state index is 5.42. The minimum absolute atomic E-state index is 0.696. The molecule has 0 radical (unpaired) electrons. The van der Waals surface area contributed by atoms with Gasteiger partial charge in [0.05, 0.1) is 18.3 Å². The van der Waals surface area contributed by atoms with Crippen molar-refractivity contribution < 1.29 is 4.74 Å². The molecule has 2 rings (SSSR count). The van der Waals surface area contributed by atoms with Crippen molar-refractivity contribution in [2.45, 2.75) is 33.6 Å². The topological polar surface area (TPSA) is 37.4 Å². The SMILES string of the molecule is CCCCN(CCNc1cc(OC)cc2cccnc12)CC(C)C. The third-order valence-electron chi connectivity index (χ3n) is 4.11. The molecule has 4 heteroatoms. The van der Waals surface area contributed by atoms with Gasteiger partial charge in [-0.15, -0.1) is 0 Å². The molecule has 1 heterocycles. The summed E-state index contributed by atoms with van der Waals surface area (Å²) in [5.74, 6) is 1.56. The van der Waals surface area contributed by atoms with E-state index < -0.39 is 0 Å². The molecular weight excluding hydrogens is 298 g/mol. The molecule has 2 aromatic rings. The lowest BCUT2D eigenvalue weighted by Gasteiger charge is -2.24. The first-order valence-corrected chi connectivity index (χ1v) is 9.03. The van der Waals surface area contributed by atoms with E-state index in [0.717, 1.165) is 42.0 Å². The summed E-state index contributed by atoms with van der Waals surface area (Å²) in [6.45, 7) is 11.1. The van der Waals surface area contributed by atoms with E-state index in [1.54, 1.807) is 7.11 Å². The second-order valence-corrected chi connectivity index (χ2v) is 6.72. The number of methoxy groups -OCH3 is 1. The fraction of sp³-hybridized carbons (Fsp3) is 0.550. The first-order valence-electron chi connectivity index (χ1n) is 9.03. The summed E-state index contributed by atoms with van der Waals surface area (Å²) in [5, 5.41) is 4.66. The van der Waals surface area contributed by atoms with Gasteiger partial charge in [-0.2, -0.15) is 0 Å². The molecule has 0 unspecified atom stereocenters. The van der Waals surface area contributed by atoms with Gasteiger partial charge in [0.1, 0.15) is 5.75 Å². The largest absolute Gasteiger partial charge is 0.497 e. The number of unbranched alkanes of at least 4 members (excludes halogenated alkanes) is 1. The maximum absolute atomic E-state index is 5.42. The summed E-state index contributed by atoms with van der Waals surface area (Å²) in [7, 11) is 1.70. The number of nitrogens with zero attached hydrogens (tertiary/aromatic N) is 2. The fourth-order valence-corrected chi connectivity index (χ4v) is 2.96. The molecule has 1 aromatic carbocycles. The van der Waals surface area contributed by atoms with Gasteiger partial charge in [0.15, 0.2) is 0 Å². The predicted molar refractivity (Wildman–Crippen MR) is 103 cm³/mol. The van der Waals surface area contributed by atoms with Crippen LogP contribution < -0.4 is 10.1 Å². The Morgan fingerprint density at radius 1 is 1.25 bits per heavy atom. The van der Waals surface area contributed by atoms with Gasteiger partial charge in [-0.05, 0) is 31.0 Å². The fourth-order valence-electron chi connectivity index (χ4n) is 2.96. The number of fused-ring (bicyclic) bond motifs is 1. The van der Waals surface area contributed by atoms with Crippen LogP contribution in [0.3, 0.4) is 0 Å². The summed E-state index contributed by atoms with van der Waals surface area (Å²) in [6, 6.07) is 8.09. The Kier molecular flexibility index (Phi) is 7.32. The number of hydrogen-bond acceptors (Lipinski definition) is 4. The van der Waals surface area contributed by atoms with E-state index in [1.165, 1.54) is 19.4 Å². The third kappa shape index (κ3) is 5.38. The summed E-state index contributed by atoms with van der Waals surface area (Å²) in [5.41, 5.74) is 2.05. The van der Waals surface area contributed by atoms with Crippen molar-refractivity contribution >= 4 is 16.6 Å². The molecule has 0 amide bonds. The predicted octanol–water partition coefficient (Wildman–Crippen LogP) is 4.41. The molecule has 0 aliphatic rings. The van der Waals surface area contributed by atoms with Crippen molar-refractivity contribution in [1.29, 1.82) is 0 Å². The zero-order valence-corrected chi connectivity index (χ0v) is 15.5. The molecule has 0 fully saturated rings. The number of hydrogen-bond donors (Lipinski definition) is 1. The molecule has 24 heavy (non-hydrogen) atoms. The second-order valence-electron chi connectivity index (χ2n) is 6.72. The molecule has 0 atom stereocenters. The lowest BCUT2D eigenvalue weighted by Crippen LogP contribution is -2.33. The van der Waals surface area contributed by atoms with Gasteiger partial charge in [0.2, 0.25) is 0 Å². The zero-order chi connectivity index (χ0) is 17.4. The summed E-state index contributed by atoms with van der Waals surface area (Å²) < 4.78 is 5.42. The van der Waals surface area contributed by atoms with Crippen LogP contribution in [0.25, 0.3) is 10.9 Å². The van der Waals surface area contributed by atoms with E-state index >= 15 is 0 Å². The maximum Gasteiger partial charge on any atom is 0.121 e. The molecule has 0 saturated heterocycles. The van der Waals surface area contributed by atoms with E-state index in [0.29, 0.717) is 5.92 Å². The first kappa shape index (κ1) is 18.5. The summed E-state index contributed by atoms with van der Waals surface area (Å²) >= 11 is 0. The minimum Gasteiger partial charge on any atom is -0.497 e. The summed E-state index contributed by atoms with van der Waals surface area (Å²) in [4.78, 5) is 7.07. The number of nitrogens with one attached hydrogen (secondary N) is 1. The standard InChI is InChI=1S/C20H31N3O/c1-5-6-11-23(15-16(2)3)12-10-21-19-14-18(24-4)13-17-8-7-9-22-20(17)19/h7-9,13-14,16,21H,5-6,10-12,15H2,1-4H3. The van der Waals surface area contributed by atoms with E-state index in [2.05, 4.69) is 42.0 Å². The molecule has 132 valence electrons. The Bertz CT molecular complexity index is 627. The van der Waals surface area contributed by atoms with Crippen molar-refractivity contribution in [3.63, 3.8) is 0 Å². The van der Waals surface area contributed by atoms with Gasteiger partial charge >= 0.3 is 0 Å². The molecular formula is C20H31N3O. The third-order valence-corrected chi connectivity index (χ3v) is 4.11. The first-order chi connectivity index (χ1) is 11.6. The second kappa shape index (κ2) is 9.48. The van der Waals surface area contributed by atoms with Crippen molar-refractivity contribution in [3.8, 4) is 5.75 Å². The van der Waals surface area contributed by atoms with E-state index in [9.17, 15) is 0 Å². The van der Waals surface area contributed by atoms with Gasteiger partial charge in [-0.3, -0.25) is 4.98 Å². The smallest absolute Gasteiger partial charge is 0.121 e. The van der Waals surface area contributed by atoms with Gasteiger partial charge < -0.3 is 15.0 Å².